The van der Waals surface area contributed by atoms with Crippen molar-refractivity contribution in [3.05, 3.63) is 28.8 Å². The zero-order valence-corrected chi connectivity index (χ0v) is 14.8. The van der Waals surface area contributed by atoms with Crippen molar-refractivity contribution in [3.63, 3.8) is 0 Å². The third-order valence-corrected chi connectivity index (χ3v) is 5.02. The number of carbonyl (C=O) groups excluding carboxylic acids is 3. The Balaban J connectivity index is 1.55. The minimum atomic E-state index is -0.388. The van der Waals surface area contributed by atoms with Crippen LogP contribution in [-0.2, 0) is 14.4 Å². The molecule has 0 bridgehead atoms. The van der Waals surface area contributed by atoms with Gasteiger partial charge < -0.3 is 15.5 Å². The minimum absolute atomic E-state index is 0.0532. The van der Waals surface area contributed by atoms with Crippen molar-refractivity contribution in [2.45, 2.75) is 19.4 Å². The lowest BCUT2D eigenvalue weighted by Crippen LogP contribution is -2.64. The Labute approximate surface area is 151 Å². The van der Waals surface area contributed by atoms with Crippen molar-refractivity contribution >= 4 is 35.0 Å². The summed E-state index contributed by atoms with van der Waals surface area (Å²) in [5.41, 5.74) is 1.48. The largest absolute Gasteiger partial charge is 0.353 e. The van der Waals surface area contributed by atoms with Crippen molar-refractivity contribution in [3.8, 4) is 0 Å². The van der Waals surface area contributed by atoms with Gasteiger partial charge in [-0.05, 0) is 24.6 Å². The fraction of sp³-hybridized carbons (Fsp3) is 0.471. The molecule has 1 atom stereocenters. The predicted octanol–water partition coefficient (Wildman–Crippen LogP) is 0.620. The number of fused-ring (bicyclic) bond motifs is 1. The van der Waals surface area contributed by atoms with Crippen LogP contribution in [0.4, 0.5) is 5.69 Å². The molecule has 2 saturated heterocycles. The van der Waals surface area contributed by atoms with Gasteiger partial charge in [0.15, 0.2) is 0 Å². The monoisotopic (exact) mass is 364 g/mol. The lowest BCUT2D eigenvalue weighted by molar-refractivity contribution is -0.141. The average molecular weight is 365 g/mol. The van der Waals surface area contributed by atoms with Crippen molar-refractivity contribution < 1.29 is 14.4 Å². The van der Waals surface area contributed by atoms with Crippen LogP contribution < -0.4 is 10.6 Å². The van der Waals surface area contributed by atoms with E-state index in [0.717, 1.165) is 12.1 Å². The maximum Gasteiger partial charge on any atom is 0.239 e. The van der Waals surface area contributed by atoms with Crippen LogP contribution in [0.25, 0.3) is 0 Å². The lowest BCUT2D eigenvalue weighted by Gasteiger charge is -2.42. The van der Waals surface area contributed by atoms with Gasteiger partial charge in [0.2, 0.25) is 17.7 Å². The second-order valence-corrected chi connectivity index (χ2v) is 6.78. The fourth-order valence-electron chi connectivity index (χ4n) is 3.13. The van der Waals surface area contributed by atoms with Crippen LogP contribution in [-0.4, -0.2) is 66.3 Å². The Hall–Kier alpha value is -2.12. The highest BCUT2D eigenvalue weighted by molar-refractivity contribution is 6.31. The Morgan fingerprint density at radius 1 is 1.32 bits per heavy atom. The first-order valence-electron chi connectivity index (χ1n) is 8.29. The van der Waals surface area contributed by atoms with Gasteiger partial charge in [0.25, 0.3) is 0 Å². The number of nitrogens with one attached hydrogen (secondary N) is 2. The molecular formula is C17H21ClN4O3. The molecule has 1 aromatic carbocycles. The van der Waals surface area contributed by atoms with E-state index in [2.05, 4.69) is 15.5 Å². The first-order chi connectivity index (χ1) is 11.9. The molecule has 0 aromatic heterocycles. The van der Waals surface area contributed by atoms with Gasteiger partial charge in [-0.1, -0.05) is 17.7 Å². The van der Waals surface area contributed by atoms with Crippen LogP contribution in [0, 0.1) is 6.92 Å². The Bertz CT molecular complexity index is 709. The molecule has 134 valence electrons. The summed E-state index contributed by atoms with van der Waals surface area (Å²) in [4.78, 5) is 40.1. The highest BCUT2D eigenvalue weighted by Gasteiger charge is 2.36. The summed E-state index contributed by atoms with van der Waals surface area (Å²) in [7, 11) is 0. The number of hydrogen-bond acceptors (Lipinski definition) is 4. The van der Waals surface area contributed by atoms with Gasteiger partial charge in [0.1, 0.15) is 12.5 Å². The lowest BCUT2D eigenvalue weighted by atomic mass is 10.1. The summed E-state index contributed by atoms with van der Waals surface area (Å²) < 4.78 is 0. The highest BCUT2D eigenvalue weighted by Crippen LogP contribution is 2.20. The van der Waals surface area contributed by atoms with Crippen LogP contribution in [0.5, 0.6) is 0 Å². The molecule has 2 N–H and O–H groups in total. The molecule has 2 aliphatic heterocycles. The molecule has 7 nitrogen and oxygen atoms in total. The number of carbonyl (C=O) groups is 3. The molecule has 0 aliphatic carbocycles. The summed E-state index contributed by atoms with van der Waals surface area (Å²) in [5.74, 6) is -0.711. The van der Waals surface area contributed by atoms with E-state index < -0.39 is 0 Å². The van der Waals surface area contributed by atoms with E-state index in [1.54, 1.807) is 23.1 Å². The normalized spacial score (nSPS) is 20.6. The Morgan fingerprint density at radius 2 is 2.12 bits per heavy atom. The van der Waals surface area contributed by atoms with Gasteiger partial charge in [-0.25, -0.2) is 0 Å². The number of halogens is 1. The number of rotatable bonds is 3. The van der Waals surface area contributed by atoms with Crippen LogP contribution in [0.1, 0.15) is 12.0 Å². The SMILES string of the molecule is Cc1ccc(NC(=O)CC(=O)N2CCN3CCNC(=O)C3C2)cc1Cl. The summed E-state index contributed by atoms with van der Waals surface area (Å²) >= 11 is 6.03. The summed E-state index contributed by atoms with van der Waals surface area (Å²) in [6, 6.07) is 4.89. The van der Waals surface area contributed by atoms with Crippen molar-refractivity contribution in [2.24, 2.45) is 0 Å². The maximum absolute atomic E-state index is 12.4. The van der Waals surface area contributed by atoms with E-state index in [1.165, 1.54) is 0 Å². The molecule has 25 heavy (non-hydrogen) atoms. The number of nitrogens with zero attached hydrogens (tertiary/aromatic N) is 2. The zero-order valence-electron chi connectivity index (χ0n) is 14.0. The first-order valence-corrected chi connectivity index (χ1v) is 8.67. The molecule has 3 rings (SSSR count). The molecule has 8 heteroatoms. The minimum Gasteiger partial charge on any atom is -0.353 e. The molecule has 2 aliphatic rings. The molecular weight excluding hydrogens is 344 g/mol. The number of hydrogen-bond donors (Lipinski definition) is 2. The second kappa shape index (κ2) is 7.41. The van der Waals surface area contributed by atoms with Crippen LogP contribution in [0.3, 0.4) is 0 Å². The van der Waals surface area contributed by atoms with E-state index in [1.807, 2.05) is 6.92 Å². The zero-order chi connectivity index (χ0) is 18.0. The van der Waals surface area contributed by atoms with Gasteiger partial charge in [-0.15, -0.1) is 0 Å². The fourth-order valence-corrected chi connectivity index (χ4v) is 3.31. The van der Waals surface area contributed by atoms with Gasteiger partial charge >= 0.3 is 0 Å². The van der Waals surface area contributed by atoms with Crippen LogP contribution in [0.2, 0.25) is 5.02 Å². The van der Waals surface area contributed by atoms with Crippen LogP contribution in [0.15, 0.2) is 18.2 Å². The van der Waals surface area contributed by atoms with E-state index in [4.69, 9.17) is 11.6 Å². The summed E-state index contributed by atoms with van der Waals surface area (Å²) in [6.45, 7) is 4.83. The molecule has 0 spiro atoms. The van der Waals surface area contributed by atoms with Crippen molar-refractivity contribution in [1.29, 1.82) is 0 Å². The smallest absolute Gasteiger partial charge is 0.239 e. The highest BCUT2D eigenvalue weighted by atomic mass is 35.5. The topological polar surface area (TPSA) is 81.8 Å². The molecule has 1 aromatic rings. The van der Waals surface area contributed by atoms with Gasteiger partial charge in [0.05, 0.1) is 0 Å². The summed E-state index contributed by atoms with van der Waals surface area (Å²) in [6.07, 6.45) is -0.250. The predicted molar refractivity (Wildman–Crippen MR) is 94.4 cm³/mol. The number of amides is 3. The van der Waals surface area contributed by atoms with Gasteiger partial charge in [-0.3, -0.25) is 19.3 Å². The van der Waals surface area contributed by atoms with Crippen molar-refractivity contribution in [2.75, 3.05) is 38.0 Å². The van der Waals surface area contributed by atoms with E-state index >= 15 is 0 Å². The number of piperazine rings is 2. The van der Waals surface area contributed by atoms with Crippen LogP contribution >= 0.6 is 11.6 Å². The quantitative estimate of drug-likeness (QED) is 0.770. The van der Waals surface area contributed by atoms with Gasteiger partial charge in [-0.2, -0.15) is 0 Å². The Kier molecular flexibility index (Phi) is 5.24. The molecule has 3 amide bonds. The molecule has 1 unspecified atom stereocenters. The van der Waals surface area contributed by atoms with E-state index in [0.29, 0.717) is 36.9 Å². The molecule has 0 saturated carbocycles. The Morgan fingerprint density at radius 3 is 2.88 bits per heavy atom. The summed E-state index contributed by atoms with van der Waals surface area (Å²) in [5, 5.41) is 6.06. The maximum atomic E-state index is 12.4. The van der Waals surface area contributed by atoms with Gasteiger partial charge in [0, 0.05) is 43.4 Å². The number of aryl methyl sites for hydroxylation is 1. The first kappa shape index (κ1) is 17.7. The standard InChI is InChI=1S/C17H21ClN4O3/c1-11-2-3-12(8-13(11)18)20-15(23)9-16(24)22-7-6-21-5-4-19-17(25)14(21)10-22/h2-3,8,14H,4-7,9-10H2,1H3,(H,19,25)(H,20,23). The van der Waals surface area contributed by atoms with Crippen molar-refractivity contribution in [1.82, 2.24) is 15.1 Å². The third-order valence-electron chi connectivity index (χ3n) is 4.61. The average Bonchev–Trinajstić information content (AvgIpc) is 2.58. The number of anilines is 1. The third kappa shape index (κ3) is 4.11. The molecule has 0 radical (unpaired) electrons. The second-order valence-electron chi connectivity index (χ2n) is 6.37. The molecule has 2 fully saturated rings. The molecule has 2 heterocycles. The van der Waals surface area contributed by atoms with E-state index in [9.17, 15) is 14.4 Å². The van der Waals surface area contributed by atoms with E-state index in [-0.39, 0.29) is 30.2 Å². The number of benzene rings is 1.